The van der Waals surface area contributed by atoms with Gasteiger partial charge in [-0.3, -0.25) is 4.68 Å². The second-order valence-electron chi connectivity index (χ2n) is 5.82. The topological polar surface area (TPSA) is 90.0 Å². The summed E-state index contributed by atoms with van der Waals surface area (Å²) in [5.74, 6) is 0.501. The number of sulfone groups is 1. The van der Waals surface area contributed by atoms with Crippen molar-refractivity contribution in [2.24, 2.45) is 5.73 Å². The highest BCUT2D eigenvalue weighted by Crippen LogP contribution is 2.26. The lowest BCUT2D eigenvalue weighted by Crippen LogP contribution is -2.17. The molecular formula is C14H26N4O2S. The molecule has 1 atom stereocenters. The lowest BCUT2D eigenvalue weighted by atomic mass is 10.2. The van der Waals surface area contributed by atoms with Crippen molar-refractivity contribution in [3.8, 4) is 0 Å². The Kier molecular flexibility index (Phi) is 5.40. The van der Waals surface area contributed by atoms with Crippen LogP contribution in [0.3, 0.4) is 0 Å². The molecule has 21 heavy (non-hydrogen) atoms. The third-order valence-electron chi connectivity index (χ3n) is 4.14. The lowest BCUT2D eigenvalue weighted by molar-refractivity contribution is 0.485. The minimum atomic E-state index is -2.88. The molecule has 0 aliphatic carbocycles. The molecule has 0 bridgehead atoms. The monoisotopic (exact) mass is 314 g/mol. The van der Waals surface area contributed by atoms with Gasteiger partial charge >= 0.3 is 0 Å². The Morgan fingerprint density at radius 3 is 2.76 bits per heavy atom. The Morgan fingerprint density at radius 2 is 2.14 bits per heavy atom. The fourth-order valence-corrected chi connectivity index (χ4v) is 4.58. The molecule has 1 aliphatic rings. The molecule has 2 heterocycles. The Morgan fingerprint density at radius 1 is 1.38 bits per heavy atom. The molecule has 0 amide bonds. The van der Waals surface area contributed by atoms with Crippen molar-refractivity contribution in [1.82, 2.24) is 15.1 Å². The largest absolute Gasteiger partial charge is 0.330 e. The van der Waals surface area contributed by atoms with Crippen LogP contribution in [0.4, 0.5) is 0 Å². The van der Waals surface area contributed by atoms with E-state index in [-0.39, 0.29) is 17.5 Å². The van der Waals surface area contributed by atoms with E-state index in [1.54, 1.807) is 0 Å². The van der Waals surface area contributed by atoms with Crippen LogP contribution in [0.5, 0.6) is 0 Å². The molecule has 0 aromatic carbocycles. The average molecular weight is 314 g/mol. The van der Waals surface area contributed by atoms with Gasteiger partial charge in [-0.1, -0.05) is 0 Å². The van der Waals surface area contributed by atoms with Gasteiger partial charge in [0, 0.05) is 17.8 Å². The van der Waals surface area contributed by atoms with E-state index in [1.807, 2.05) is 18.5 Å². The van der Waals surface area contributed by atoms with Gasteiger partial charge in [0.25, 0.3) is 0 Å². The number of aromatic nitrogens is 2. The van der Waals surface area contributed by atoms with Crippen molar-refractivity contribution in [2.75, 3.05) is 24.6 Å². The molecule has 2 rings (SSSR count). The highest BCUT2D eigenvalue weighted by molar-refractivity contribution is 7.91. The molecule has 1 aromatic rings. The third kappa shape index (κ3) is 4.05. The van der Waals surface area contributed by atoms with Crippen LogP contribution in [-0.2, 0) is 16.4 Å². The average Bonchev–Trinajstić information content (AvgIpc) is 2.91. The zero-order valence-electron chi connectivity index (χ0n) is 12.9. The number of hydrogen-bond acceptors (Lipinski definition) is 5. The van der Waals surface area contributed by atoms with Crippen LogP contribution in [0, 0.1) is 13.8 Å². The van der Waals surface area contributed by atoms with Crippen molar-refractivity contribution >= 4 is 9.84 Å². The SMILES string of the molecule is Cc1nn(C2CCS(=O)(=O)C2)c(C)c1CNCCCCN. The molecule has 1 unspecified atom stereocenters. The number of nitrogens with one attached hydrogen (secondary N) is 1. The van der Waals surface area contributed by atoms with Gasteiger partial charge in [0.15, 0.2) is 9.84 Å². The first-order valence-corrected chi connectivity index (χ1v) is 9.42. The van der Waals surface area contributed by atoms with Gasteiger partial charge in [0.2, 0.25) is 0 Å². The standard InChI is InChI=1S/C14H26N4O2S/c1-11-14(9-16-7-4-3-6-15)12(2)18(17-11)13-5-8-21(19,20)10-13/h13,16H,3-10,15H2,1-2H3. The molecule has 1 aliphatic heterocycles. The Bertz CT molecular complexity index is 580. The van der Waals surface area contributed by atoms with Gasteiger partial charge in [0.1, 0.15) is 0 Å². The van der Waals surface area contributed by atoms with Gasteiger partial charge in [-0.15, -0.1) is 0 Å². The van der Waals surface area contributed by atoms with E-state index in [0.29, 0.717) is 6.42 Å². The number of rotatable bonds is 7. The Hall–Kier alpha value is -0.920. The first kappa shape index (κ1) is 16.5. The molecule has 7 heteroatoms. The fourth-order valence-electron chi connectivity index (χ4n) is 2.88. The maximum Gasteiger partial charge on any atom is 0.152 e. The van der Waals surface area contributed by atoms with Gasteiger partial charge in [0.05, 0.1) is 23.2 Å². The molecule has 3 N–H and O–H groups in total. The Balaban J connectivity index is 2.01. The minimum absolute atomic E-state index is 0.000287. The highest BCUT2D eigenvalue weighted by atomic mass is 32.2. The molecule has 1 saturated heterocycles. The van der Waals surface area contributed by atoms with Crippen LogP contribution in [0.25, 0.3) is 0 Å². The van der Waals surface area contributed by atoms with Crippen LogP contribution in [0.2, 0.25) is 0 Å². The van der Waals surface area contributed by atoms with Crippen molar-refractivity contribution in [3.63, 3.8) is 0 Å². The Labute approximate surface area is 127 Å². The van der Waals surface area contributed by atoms with Crippen LogP contribution in [0.15, 0.2) is 0 Å². The molecule has 120 valence electrons. The maximum atomic E-state index is 11.6. The van der Waals surface area contributed by atoms with Crippen molar-refractivity contribution < 1.29 is 8.42 Å². The summed E-state index contributed by atoms with van der Waals surface area (Å²) >= 11 is 0. The van der Waals surface area contributed by atoms with Crippen molar-refractivity contribution in [3.05, 3.63) is 17.0 Å². The van der Waals surface area contributed by atoms with Gasteiger partial charge in [-0.05, 0) is 46.2 Å². The zero-order valence-corrected chi connectivity index (χ0v) is 13.7. The normalized spacial score (nSPS) is 21.0. The summed E-state index contributed by atoms with van der Waals surface area (Å²) in [4.78, 5) is 0. The summed E-state index contributed by atoms with van der Waals surface area (Å²) in [5, 5.41) is 7.98. The smallest absolute Gasteiger partial charge is 0.152 e. The first-order valence-electron chi connectivity index (χ1n) is 7.60. The molecular weight excluding hydrogens is 288 g/mol. The molecule has 0 saturated carbocycles. The quantitative estimate of drug-likeness (QED) is 0.723. The maximum absolute atomic E-state index is 11.6. The third-order valence-corrected chi connectivity index (χ3v) is 5.89. The van der Waals surface area contributed by atoms with E-state index in [0.717, 1.165) is 43.9 Å². The fraction of sp³-hybridized carbons (Fsp3) is 0.786. The number of hydrogen-bond donors (Lipinski definition) is 2. The second kappa shape index (κ2) is 6.89. The molecule has 1 aromatic heterocycles. The van der Waals surface area contributed by atoms with Crippen LogP contribution in [0.1, 0.15) is 42.3 Å². The van der Waals surface area contributed by atoms with Crippen molar-refractivity contribution in [1.29, 1.82) is 0 Å². The van der Waals surface area contributed by atoms with E-state index in [4.69, 9.17) is 5.73 Å². The summed E-state index contributed by atoms with van der Waals surface area (Å²) < 4.78 is 25.2. The number of aryl methyl sites for hydroxylation is 1. The highest BCUT2D eigenvalue weighted by Gasteiger charge is 2.31. The summed E-state index contributed by atoms with van der Waals surface area (Å²) in [5.41, 5.74) is 8.74. The summed E-state index contributed by atoms with van der Waals surface area (Å²) in [6.45, 7) is 6.47. The van der Waals surface area contributed by atoms with E-state index in [2.05, 4.69) is 10.4 Å². The van der Waals surface area contributed by atoms with Gasteiger partial charge in [-0.2, -0.15) is 5.10 Å². The molecule has 1 fully saturated rings. The molecule has 0 radical (unpaired) electrons. The number of unbranched alkanes of at least 4 members (excludes halogenated alkanes) is 1. The zero-order chi connectivity index (χ0) is 15.5. The minimum Gasteiger partial charge on any atom is -0.330 e. The van der Waals surface area contributed by atoms with Crippen LogP contribution >= 0.6 is 0 Å². The van der Waals surface area contributed by atoms with E-state index < -0.39 is 9.84 Å². The summed E-state index contributed by atoms with van der Waals surface area (Å²) in [7, 11) is -2.88. The van der Waals surface area contributed by atoms with Gasteiger partial charge < -0.3 is 11.1 Å². The lowest BCUT2D eigenvalue weighted by Gasteiger charge is -2.11. The summed E-state index contributed by atoms with van der Waals surface area (Å²) in [6, 6.07) is -0.000287. The first-order chi connectivity index (χ1) is 9.94. The van der Waals surface area contributed by atoms with Crippen LogP contribution < -0.4 is 11.1 Å². The van der Waals surface area contributed by atoms with Crippen LogP contribution in [-0.4, -0.2) is 42.8 Å². The number of nitrogens with zero attached hydrogens (tertiary/aromatic N) is 2. The predicted molar refractivity (Wildman–Crippen MR) is 84.0 cm³/mol. The number of nitrogens with two attached hydrogens (primary N) is 1. The van der Waals surface area contributed by atoms with Gasteiger partial charge in [-0.25, -0.2) is 8.42 Å². The molecule has 0 spiro atoms. The van der Waals surface area contributed by atoms with E-state index >= 15 is 0 Å². The predicted octanol–water partition coefficient (Wildman–Crippen LogP) is 0.688. The van der Waals surface area contributed by atoms with E-state index in [9.17, 15) is 8.42 Å². The van der Waals surface area contributed by atoms with Crippen molar-refractivity contribution in [2.45, 2.75) is 45.7 Å². The summed E-state index contributed by atoms with van der Waals surface area (Å²) in [6.07, 6.45) is 2.78. The van der Waals surface area contributed by atoms with E-state index in [1.165, 1.54) is 5.56 Å². The second-order valence-corrected chi connectivity index (χ2v) is 8.05. The molecule has 6 nitrogen and oxygen atoms in total.